The standard InChI is InChI=1S/C17H36N2/c1-5-17(6-2)10-13-19(14-17)12-7-8-16(9-11-18)15(3)4/h15-16H,5-14,18H2,1-4H3. The molecular formula is C17H36N2. The monoisotopic (exact) mass is 268 g/mol. The Labute approximate surface area is 121 Å². The maximum absolute atomic E-state index is 5.72. The van der Waals surface area contributed by atoms with Crippen LogP contribution >= 0.6 is 0 Å². The quantitative estimate of drug-likeness (QED) is 0.687. The number of hydrogen-bond acceptors (Lipinski definition) is 2. The molecule has 0 bridgehead atoms. The summed E-state index contributed by atoms with van der Waals surface area (Å²) < 4.78 is 0. The maximum Gasteiger partial charge on any atom is 0.00382 e. The molecule has 1 saturated heterocycles. The maximum atomic E-state index is 5.72. The molecule has 1 rings (SSSR count). The van der Waals surface area contributed by atoms with E-state index >= 15 is 0 Å². The van der Waals surface area contributed by atoms with E-state index in [2.05, 4.69) is 32.6 Å². The van der Waals surface area contributed by atoms with Crippen LogP contribution in [0.25, 0.3) is 0 Å². The molecule has 19 heavy (non-hydrogen) atoms. The van der Waals surface area contributed by atoms with Crippen LogP contribution in [0.2, 0.25) is 0 Å². The second kappa shape index (κ2) is 8.26. The van der Waals surface area contributed by atoms with Gasteiger partial charge in [-0.15, -0.1) is 0 Å². The lowest BCUT2D eigenvalue weighted by Crippen LogP contribution is -2.27. The van der Waals surface area contributed by atoms with E-state index in [0.29, 0.717) is 5.41 Å². The molecule has 1 aliphatic heterocycles. The fourth-order valence-corrected chi connectivity index (χ4v) is 3.65. The Morgan fingerprint density at radius 3 is 2.32 bits per heavy atom. The highest BCUT2D eigenvalue weighted by molar-refractivity contribution is 4.87. The molecule has 1 heterocycles. The van der Waals surface area contributed by atoms with E-state index in [1.165, 1.54) is 58.2 Å². The lowest BCUT2D eigenvalue weighted by atomic mass is 9.82. The molecule has 0 aromatic rings. The summed E-state index contributed by atoms with van der Waals surface area (Å²) in [5, 5.41) is 0. The highest BCUT2D eigenvalue weighted by Gasteiger charge is 2.34. The third kappa shape index (κ3) is 5.07. The van der Waals surface area contributed by atoms with Gasteiger partial charge >= 0.3 is 0 Å². The molecule has 2 N–H and O–H groups in total. The fourth-order valence-electron chi connectivity index (χ4n) is 3.65. The summed E-state index contributed by atoms with van der Waals surface area (Å²) in [7, 11) is 0. The van der Waals surface area contributed by atoms with Crippen LogP contribution in [0.15, 0.2) is 0 Å². The SMILES string of the molecule is CCC1(CC)CCN(CCCC(CCN)C(C)C)C1. The number of likely N-dealkylation sites (tertiary alicyclic amines) is 1. The lowest BCUT2D eigenvalue weighted by Gasteiger charge is -2.27. The topological polar surface area (TPSA) is 29.3 Å². The van der Waals surface area contributed by atoms with Gasteiger partial charge in [0.15, 0.2) is 0 Å². The lowest BCUT2D eigenvalue weighted by molar-refractivity contribution is 0.229. The van der Waals surface area contributed by atoms with Crippen LogP contribution in [-0.2, 0) is 0 Å². The van der Waals surface area contributed by atoms with Crippen molar-refractivity contribution in [2.45, 2.75) is 66.2 Å². The average molecular weight is 268 g/mol. The molecule has 114 valence electrons. The van der Waals surface area contributed by atoms with Crippen LogP contribution in [0.1, 0.15) is 66.2 Å². The minimum Gasteiger partial charge on any atom is -0.330 e. The van der Waals surface area contributed by atoms with Crippen LogP contribution < -0.4 is 5.73 Å². The first-order chi connectivity index (χ1) is 9.06. The normalized spacial score (nSPS) is 21.2. The predicted molar refractivity (Wildman–Crippen MR) is 85.3 cm³/mol. The largest absolute Gasteiger partial charge is 0.330 e. The van der Waals surface area contributed by atoms with Gasteiger partial charge < -0.3 is 10.6 Å². The van der Waals surface area contributed by atoms with Crippen molar-refractivity contribution >= 4 is 0 Å². The molecule has 1 unspecified atom stereocenters. The third-order valence-electron chi connectivity index (χ3n) is 5.55. The molecule has 0 amide bonds. The summed E-state index contributed by atoms with van der Waals surface area (Å²) >= 11 is 0. The molecular weight excluding hydrogens is 232 g/mol. The number of nitrogens with zero attached hydrogens (tertiary/aromatic N) is 1. The zero-order valence-corrected chi connectivity index (χ0v) is 13.8. The molecule has 0 aliphatic carbocycles. The van der Waals surface area contributed by atoms with E-state index in [0.717, 1.165) is 18.4 Å². The van der Waals surface area contributed by atoms with Gasteiger partial charge in [-0.05, 0) is 75.4 Å². The van der Waals surface area contributed by atoms with E-state index in [4.69, 9.17) is 5.73 Å². The van der Waals surface area contributed by atoms with Crippen LogP contribution in [0.5, 0.6) is 0 Å². The first-order valence-corrected chi connectivity index (χ1v) is 8.49. The van der Waals surface area contributed by atoms with Crippen LogP contribution in [0, 0.1) is 17.3 Å². The van der Waals surface area contributed by atoms with Gasteiger partial charge in [0.2, 0.25) is 0 Å². The molecule has 0 radical (unpaired) electrons. The summed E-state index contributed by atoms with van der Waals surface area (Å²) in [5.41, 5.74) is 6.36. The van der Waals surface area contributed by atoms with Crippen LogP contribution in [-0.4, -0.2) is 31.1 Å². The van der Waals surface area contributed by atoms with Crippen molar-refractivity contribution in [3.05, 3.63) is 0 Å². The molecule has 0 spiro atoms. The average Bonchev–Trinajstić information content (AvgIpc) is 2.82. The Bertz CT molecular complexity index is 233. The molecule has 0 aromatic carbocycles. The Kier molecular flexibility index (Phi) is 7.38. The number of nitrogens with two attached hydrogens (primary N) is 1. The van der Waals surface area contributed by atoms with Crippen molar-refractivity contribution in [3.63, 3.8) is 0 Å². The molecule has 0 aromatic heterocycles. The van der Waals surface area contributed by atoms with Gasteiger partial charge in [0.1, 0.15) is 0 Å². The third-order valence-corrected chi connectivity index (χ3v) is 5.55. The van der Waals surface area contributed by atoms with Crippen molar-refractivity contribution in [2.24, 2.45) is 23.0 Å². The first-order valence-electron chi connectivity index (χ1n) is 8.49. The van der Waals surface area contributed by atoms with Crippen molar-refractivity contribution in [3.8, 4) is 0 Å². The second-order valence-electron chi connectivity index (χ2n) is 6.96. The Morgan fingerprint density at radius 2 is 1.84 bits per heavy atom. The number of hydrogen-bond donors (Lipinski definition) is 1. The summed E-state index contributed by atoms with van der Waals surface area (Å²) in [6.45, 7) is 14.2. The summed E-state index contributed by atoms with van der Waals surface area (Å²) in [6, 6.07) is 0. The Balaban J connectivity index is 2.26. The molecule has 1 aliphatic rings. The van der Waals surface area contributed by atoms with Gasteiger partial charge in [-0.2, -0.15) is 0 Å². The van der Waals surface area contributed by atoms with Gasteiger partial charge in [0.25, 0.3) is 0 Å². The zero-order valence-electron chi connectivity index (χ0n) is 13.8. The fraction of sp³-hybridized carbons (Fsp3) is 1.00. The molecule has 2 heteroatoms. The summed E-state index contributed by atoms with van der Waals surface area (Å²) in [6.07, 6.45) is 8.02. The molecule has 0 saturated carbocycles. The van der Waals surface area contributed by atoms with Gasteiger partial charge in [-0.25, -0.2) is 0 Å². The molecule has 1 fully saturated rings. The van der Waals surface area contributed by atoms with Crippen molar-refractivity contribution in [2.75, 3.05) is 26.2 Å². The van der Waals surface area contributed by atoms with E-state index in [-0.39, 0.29) is 0 Å². The van der Waals surface area contributed by atoms with E-state index in [1.807, 2.05) is 0 Å². The van der Waals surface area contributed by atoms with Crippen molar-refractivity contribution < 1.29 is 0 Å². The highest BCUT2D eigenvalue weighted by Crippen LogP contribution is 2.37. The smallest absolute Gasteiger partial charge is 0.00382 e. The summed E-state index contributed by atoms with van der Waals surface area (Å²) in [4.78, 5) is 2.70. The van der Waals surface area contributed by atoms with Gasteiger partial charge in [0, 0.05) is 6.54 Å². The van der Waals surface area contributed by atoms with Gasteiger partial charge in [-0.1, -0.05) is 27.7 Å². The van der Waals surface area contributed by atoms with Crippen LogP contribution in [0.4, 0.5) is 0 Å². The highest BCUT2D eigenvalue weighted by atomic mass is 15.2. The minimum atomic E-state index is 0.634. The second-order valence-corrected chi connectivity index (χ2v) is 6.96. The molecule has 1 atom stereocenters. The van der Waals surface area contributed by atoms with E-state index in [1.54, 1.807) is 0 Å². The Morgan fingerprint density at radius 1 is 1.16 bits per heavy atom. The van der Waals surface area contributed by atoms with Gasteiger partial charge in [-0.3, -0.25) is 0 Å². The van der Waals surface area contributed by atoms with Crippen molar-refractivity contribution in [1.82, 2.24) is 4.90 Å². The Hall–Kier alpha value is -0.0800. The van der Waals surface area contributed by atoms with E-state index < -0.39 is 0 Å². The minimum absolute atomic E-state index is 0.634. The predicted octanol–water partition coefficient (Wildman–Crippen LogP) is 3.90. The zero-order chi connectivity index (χ0) is 14.3. The van der Waals surface area contributed by atoms with Crippen molar-refractivity contribution in [1.29, 1.82) is 0 Å². The summed E-state index contributed by atoms with van der Waals surface area (Å²) in [5.74, 6) is 1.61. The number of rotatable bonds is 9. The van der Waals surface area contributed by atoms with E-state index in [9.17, 15) is 0 Å². The van der Waals surface area contributed by atoms with Crippen LogP contribution in [0.3, 0.4) is 0 Å². The van der Waals surface area contributed by atoms with Gasteiger partial charge in [0.05, 0.1) is 0 Å². The first kappa shape index (κ1) is 17.0. The molecule has 2 nitrogen and oxygen atoms in total.